The fourth-order valence-electron chi connectivity index (χ4n) is 2.15. The van der Waals surface area contributed by atoms with Crippen LogP contribution in [0.5, 0.6) is 0 Å². The third kappa shape index (κ3) is 3.63. The smallest absolute Gasteiger partial charge is 0.243 e. The molecule has 20 heavy (non-hydrogen) atoms. The fraction of sp³-hybridized carbons (Fsp3) is 0.636. The number of nitrogen functional groups attached to an aromatic ring is 1. The van der Waals surface area contributed by atoms with Crippen LogP contribution in [0.25, 0.3) is 0 Å². The Bertz CT molecular complexity index is 527. The van der Waals surface area contributed by atoms with Gasteiger partial charge in [-0.15, -0.1) is 0 Å². The molecule has 1 aromatic rings. The second-order valence-corrected chi connectivity index (χ2v) is 6.46. The highest BCUT2D eigenvalue weighted by Gasteiger charge is 2.25. The van der Waals surface area contributed by atoms with Crippen molar-refractivity contribution in [3.63, 3.8) is 0 Å². The van der Waals surface area contributed by atoms with Crippen LogP contribution >= 0.6 is 0 Å². The van der Waals surface area contributed by atoms with E-state index in [0.717, 1.165) is 12.8 Å². The molecule has 0 saturated carbocycles. The van der Waals surface area contributed by atoms with E-state index in [1.54, 1.807) is 0 Å². The molecule has 9 heteroatoms. The van der Waals surface area contributed by atoms with Crippen molar-refractivity contribution in [1.29, 1.82) is 0 Å². The van der Waals surface area contributed by atoms with Gasteiger partial charge in [0.15, 0.2) is 0 Å². The van der Waals surface area contributed by atoms with Gasteiger partial charge in [0.2, 0.25) is 16.0 Å². The number of anilines is 1. The van der Waals surface area contributed by atoms with Crippen LogP contribution in [0.2, 0.25) is 0 Å². The predicted molar refractivity (Wildman–Crippen MR) is 73.2 cm³/mol. The fourth-order valence-corrected chi connectivity index (χ4v) is 3.36. The summed E-state index contributed by atoms with van der Waals surface area (Å²) >= 11 is 0. The van der Waals surface area contributed by atoms with Crippen molar-refractivity contribution in [3.05, 3.63) is 12.4 Å². The first-order chi connectivity index (χ1) is 9.53. The average molecular weight is 301 g/mol. The summed E-state index contributed by atoms with van der Waals surface area (Å²) in [6.45, 7) is 3.22. The van der Waals surface area contributed by atoms with E-state index in [9.17, 15) is 8.42 Å². The summed E-state index contributed by atoms with van der Waals surface area (Å²) < 4.78 is 32.4. The lowest BCUT2D eigenvalue weighted by molar-refractivity contribution is 0.0585. The minimum atomic E-state index is -3.62. The van der Waals surface area contributed by atoms with Gasteiger partial charge in [0.05, 0.1) is 12.4 Å². The van der Waals surface area contributed by atoms with E-state index in [-0.39, 0.29) is 22.8 Å². The summed E-state index contributed by atoms with van der Waals surface area (Å²) in [7, 11) is -3.62. The molecule has 2 heterocycles. The highest BCUT2D eigenvalue weighted by Crippen LogP contribution is 2.20. The largest absolute Gasteiger partial charge is 0.381 e. The quantitative estimate of drug-likeness (QED) is 0.511. The van der Waals surface area contributed by atoms with E-state index < -0.39 is 10.0 Å². The first kappa shape index (κ1) is 15.1. The third-order valence-electron chi connectivity index (χ3n) is 3.38. The van der Waals surface area contributed by atoms with Crippen LogP contribution in [0, 0.1) is 5.92 Å². The molecule has 0 spiro atoms. The molecule has 1 aliphatic rings. The predicted octanol–water partition coefficient (Wildman–Crippen LogP) is -0.144. The molecule has 1 aromatic heterocycles. The highest BCUT2D eigenvalue weighted by atomic mass is 32.2. The zero-order chi connectivity index (χ0) is 14.6. The van der Waals surface area contributed by atoms with E-state index in [4.69, 9.17) is 10.6 Å². The van der Waals surface area contributed by atoms with E-state index in [1.165, 1.54) is 12.4 Å². The van der Waals surface area contributed by atoms with Gasteiger partial charge in [-0.1, -0.05) is 0 Å². The van der Waals surface area contributed by atoms with Crippen molar-refractivity contribution in [2.75, 3.05) is 18.6 Å². The van der Waals surface area contributed by atoms with Crippen LogP contribution in [0.3, 0.4) is 0 Å². The summed E-state index contributed by atoms with van der Waals surface area (Å²) in [5, 5.41) is 0. The molecule has 112 valence electrons. The van der Waals surface area contributed by atoms with Crippen molar-refractivity contribution in [1.82, 2.24) is 14.7 Å². The Labute approximate surface area is 118 Å². The normalized spacial score (nSPS) is 18.7. The number of rotatable bonds is 5. The average Bonchev–Trinajstić information content (AvgIpc) is 2.48. The summed E-state index contributed by atoms with van der Waals surface area (Å²) in [5.74, 6) is 5.59. The van der Waals surface area contributed by atoms with Gasteiger partial charge in [-0.05, 0) is 25.7 Å². The van der Waals surface area contributed by atoms with Gasteiger partial charge in [0.25, 0.3) is 0 Å². The van der Waals surface area contributed by atoms with Crippen LogP contribution in [0.15, 0.2) is 17.3 Å². The van der Waals surface area contributed by atoms with E-state index in [0.29, 0.717) is 13.2 Å². The second-order valence-electron chi connectivity index (χ2n) is 4.75. The van der Waals surface area contributed by atoms with Gasteiger partial charge in [0.1, 0.15) is 4.90 Å². The van der Waals surface area contributed by atoms with Crippen molar-refractivity contribution < 1.29 is 13.2 Å². The van der Waals surface area contributed by atoms with E-state index in [2.05, 4.69) is 20.1 Å². The Hall–Kier alpha value is -1.29. The van der Waals surface area contributed by atoms with Gasteiger partial charge >= 0.3 is 0 Å². The Morgan fingerprint density at radius 3 is 2.50 bits per heavy atom. The van der Waals surface area contributed by atoms with Gasteiger partial charge in [-0.3, -0.25) is 5.43 Å². The van der Waals surface area contributed by atoms with Crippen LogP contribution in [0.1, 0.15) is 19.8 Å². The minimum Gasteiger partial charge on any atom is -0.381 e. The van der Waals surface area contributed by atoms with E-state index >= 15 is 0 Å². The first-order valence-corrected chi connectivity index (χ1v) is 7.90. The molecule has 0 amide bonds. The summed E-state index contributed by atoms with van der Waals surface area (Å²) in [6, 6.07) is -0.156. The summed E-state index contributed by atoms with van der Waals surface area (Å²) in [5.41, 5.74) is 2.25. The standard InChI is InChI=1S/C11H19N5O3S/c1-8(9-2-4-19-5-3-9)16-20(17,18)10-6-13-11(15-12)14-7-10/h6-9,16H,2-5,12H2,1H3,(H,13,14,15). The Morgan fingerprint density at radius 2 is 1.95 bits per heavy atom. The van der Waals surface area contributed by atoms with Gasteiger partial charge < -0.3 is 4.74 Å². The second kappa shape index (κ2) is 6.44. The highest BCUT2D eigenvalue weighted by molar-refractivity contribution is 7.89. The molecule has 1 saturated heterocycles. The van der Waals surface area contributed by atoms with Gasteiger partial charge in [-0.2, -0.15) is 0 Å². The van der Waals surface area contributed by atoms with Crippen LogP contribution in [-0.4, -0.2) is 37.6 Å². The number of sulfonamides is 1. The lowest BCUT2D eigenvalue weighted by Gasteiger charge is -2.28. The maximum atomic E-state index is 12.2. The number of aromatic nitrogens is 2. The van der Waals surface area contributed by atoms with Crippen LogP contribution in [0.4, 0.5) is 5.95 Å². The van der Waals surface area contributed by atoms with Crippen LogP contribution in [-0.2, 0) is 14.8 Å². The number of nitrogens with one attached hydrogen (secondary N) is 2. The topological polar surface area (TPSA) is 119 Å². The molecule has 1 fully saturated rings. The van der Waals surface area contributed by atoms with E-state index in [1.807, 2.05) is 6.92 Å². The number of hydrogen-bond donors (Lipinski definition) is 3. The monoisotopic (exact) mass is 301 g/mol. The zero-order valence-corrected chi connectivity index (χ0v) is 12.1. The molecule has 0 aromatic carbocycles. The molecule has 1 atom stereocenters. The third-order valence-corrected chi connectivity index (χ3v) is 4.90. The number of nitrogens with two attached hydrogens (primary N) is 1. The van der Waals surface area contributed by atoms with Crippen molar-refractivity contribution in [3.8, 4) is 0 Å². The Balaban J connectivity index is 2.05. The Morgan fingerprint density at radius 1 is 1.35 bits per heavy atom. The Kier molecular flexibility index (Phi) is 4.86. The van der Waals surface area contributed by atoms with Crippen molar-refractivity contribution >= 4 is 16.0 Å². The van der Waals surface area contributed by atoms with Crippen molar-refractivity contribution in [2.24, 2.45) is 11.8 Å². The molecule has 1 aliphatic heterocycles. The molecule has 0 bridgehead atoms. The number of hydrogen-bond acceptors (Lipinski definition) is 7. The molecule has 8 nitrogen and oxygen atoms in total. The van der Waals surface area contributed by atoms with Gasteiger partial charge in [0, 0.05) is 19.3 Å². The molecule has 0 radical (unpaired) electrons. The molecule has 1 unspecified atom stereocenters. The number of hydrazine groups is 1. The molecular weight excluding hydrogens is 282 g/mol. The zero-order valence-electron chi connectivity index (χ0n) is 11.2. The molecule has 0 aliphatic carbocycles. The minimum absolute atomic E-state index is 0.0235. The molecule has 2 rings (SSSR count). The molecule has 4 N–H and O–H groups in total. The number of nitrogens with zero attached hydrogens (tertiary/aromatic N) is 2. The molecular formula is C11H19N5O3S. The SMILES string of the molecule is CC(NS(=O)(=O)c1cnc(NN)nc1)C1CCOCC1. The van der Waals surface area contributed by atoms with Crippen LogP contribution < -0.4 is 16.0 Å². The van der Waals surface area contributed by atoms with Crippen molar-refractivity contribution in [2.45, 2.75) is 30.7 Å². The van der Waals surface area contributed by atoms with Gasteiger partial charge in [-0.25, -0.2) is 29.0 Å². The first-order valence-electron chi connectivity index (χ1n) is 6.41. The lowest BCUT2D eigenvalue weighted by atomic mass is 9.94. The number of ether oxygens (including phenoxy) is 1. The summed E-state index contributed by atoms with van der Waals surface area (Å²) in [4.78, 5) is 7.62. The maximum absolute atomic E-state index is 12.2. The lowest BCUT2D eigenvalue weighted by Crippen LogP contribution is -2.40. The summed E-state index contributed by atoms with van der Waals surface area (Å²) in [6.07, 6.45) is 4.16. The maximum Gasteiger partial charge on any atom is 0.243 e.